The quantitative estimate of drug-likeness (QED) is 0.749. The predicted octanol–water partition coefficient (Wildman–Crippen LogP) is 3.19. The SMILES string of the molecule is C=S(C)(=O)N[C@@H]1CCCN(C(=O)c2ccc(-c3noc(C(F)(F)F)c3C)s2)C1. The summed E-state index contributed by atoms with van der Waals surface area (Å²) in [6, 6.07) is 3.03. The number of aromatic nitrogens is 1. The summed E-state index contributed by atoms with van der Waals surface area (Å²) in [4.78, 5) is 15.3. The van der Waals surface area contributed by atoms with Crippen LogP contribution in [0.1, 0.15) is 33.8 Å². The van der Waals surface area contributed by atoms with E-state index in [1.165, 1.54) is 13.2 Å². The first-order chi connectivity index (χ1) is 13.0. The van der Waals surface area contributed by atoms with E-state index >= 15 is 0 Å². The van der Waals surface area contributed by atoms with Gasteiger partial charge in [0.2, 0.25) is 5.76 Å². The molecule has 0 saturated carbocycles. The number of halogens is 3. The van der Waals surface area contributed by atoms with E-state index in [9.17, 15) is 22.2 Å². The minimum Gasteiger partial charge on any atom is -0.351 e. The lowest BCUT2D eigenvalue weighted by atomic mass is 10.1. The molecule has 2 aromatic rings. The van der Waals surface area contributed by atoms with Crippen LogP contribution in [-0.2, 0) is 15.9 Å². The number of likely N-dealkylation sites (tertiary alicyclic amines) is 1. The van der Waals surface area contributed by atoms with Crippen LogP contribution in [0, 0.1) is 6.92 Å². The number of alkyl halides is 3. The van der Waals surface area contributed by atoms with Crippen molar-refractivity contribution in [1.82, 2.24) is 14.8 Å². The topological polar surface area (TPSA) is 75.4 Å². The number of rotatable bonds is 4. The zero-order valence-electron chi connectivity index (χ0n) is 15.3. The lowest BCUT2D eigenvalue weighted by Crippen LogP contribution is -2.49. The molecule has 1 unspecified atom stereocenters. The van der Waals surface area contributed by atoms with Gasteiger partial charge in [0.05, 0.1) is 9.75 Å². The van der Waals surface area contributed by atoms with Crippen LogP contribution in [0.15, 0.2) is 16.7 Å². The minimum atomic E-state index is -4.62. The van der Waals surface area contributed by atoms with Gasteiger partial charge < -0.3 is 9.42 Å². The van der Waals surface area contributed by atoms with Crippen molar-refractivity contribution in [2.45, 2.75) is 32.0 Å². The molecule has 2 atom stereocenters. The van der Waals surface area contributed by atoms with Crippen molar-refractivity contribution in [3.05, 3.63) is 28.3 Å². The van der Waals surface area contributed by atoms with E-state index in [1.54, 1.807) is 17.0 Å². The number of nitrogens with one attached hydrogen (secondary N) is 1. The van der Waals surface area contributed by atoms with Crippen LogP contribution in [0.3, 0.4) is 0 Å². The summed E-state index contributed by atoms with van der Waals surface area (Å²) in [7, 11) is -2.38. The highest BCUT2D eigenvalue weighted by atomic mass is 32.2. The fourth-order valence-electron chi connectivity index (χ4n) is 3.18. The van der Waals surface area contributed by atoms with Gasteiger partial charge in [0.1, 0.15) is 5.69 Å². The number of hydrogen-bond donors (Lipinski definition) is 1. The van der Waals surface area contributed by atoms with E-state index in [4.69, 9.17) is 0 Å². The first-order valence-corrected chi connectivity index (χ1v) is 11.4. The maximum absolute atomic E-state index is 12.9. The monoisotopic (exact) mass is 435 g/mol. The summed E-state index contributed by atoms with van der Waals surface area (Å²) in [5.41, 5.74) is -0.0268. The van der Waals surface area contributed by atoms with Crippen LogP contribution in [0.25, 0.3) is 10.6 Å². The number of nitrogens with zero attached hydrogens (tertiary/aromatic N) is 2. The molecule has 6 nitrogen and oxygen atoms in total. The first-order valence-electron chi connectivity index (χ1n) is 8.48. The number of carbonyl (C=O) groups excluding carboxylic acids is 1. The average Bonchev–Trinajstić information content (AvgIpc) is 3.18. The molecule has 0 radical (unpaired) electrons. The van der Waals surface area contributed by atoms with Gasteiger partial charge >= 0.3 is 6.18 Å². The molecule has 11 heteroatoms. The van der Waals surface area contributed by atoms with Crippen LogP contribution >= 0.6 is 11.3 Å². The molecule has 154 valence electrons. The van der Waals surface area contributed by atoms with E-state index in [2.05, 4.69) is 20.3 Å². The minimum absolute atomic E-state index is 0.0809. The lowest BCUT2D eigenvalue weighted by Gasteiger charge is -2.33. The number of carbonyl (C=O) groups is 1. The van der Waals surface area contributed by atoms with Crippen molar-refractivity contribution < 1.29 is 26.7 Å². The van der Waals surface area contributed by atoms with Gasteiger partial charge in [-0.15, -0.1) is 11.3 Å². The van der Waals surface area contributed by atoms with E-state index in [0.29, 0.717) is 22.8 Å². The summed E-state index contributed by atoms with van der Waals surface area (Å²) in [5.74, 6) is 2.23. The Balaban J connectivity index is 1.77. The fraction of sp³-hybridized carbons (Fsp3) is 0.471. The Labute approximate surface area is 164 Å². The highest BCUT2D eigenvalue weighted by Gasteiger charge is 2.39. The maximum Gasteiger partial charge on any atom is 0.452 e. The number of piperidine rings is 1. The fourth-order valence-corrected chi connectivity index (χ4v) is 5.09. The van der Waals surface area contributed by atoms with Gasteiger partial charge in [0.25, 0.3) is 5.91 Å². The van der Waals surface area contributed by atoms with E-state index in [1.807, 2.05) is 0 Å². The van der Waals surface area contributed by atoms with Gasteiger partial charge in [-0.25, -0.2) is 4.72 Å². The van der Waals surface area contributed by atoms with Crippen molar-refractivity contribution >= 4 is 32.8 Å². The lowest BCUT2D eigenvalue weighted by molar-refractivity contribution is -0.156. The number of hydrogen-bond acceptors (Lipinski definition) is 5. The Bertz CT molecular complexity index is 979. The molecule has 1 amide bonds. The Morgan fingerprint density at radius 2 is 2.18 bits per heavy atom. The molecular formula is C17H20F3N3O3S2. The highest BCUT2D eigenvalue weighted by molar-refractivity contribution is 7.97. The van der Waals surface area contributed by atoms with Gasteiger partial charge in [-0.05, 0) is 37.8 Å². The summed E-state index contributed by atoms with van der Waals surface area (Å²) < 4.78 is 57.9. The Hall–Kier alpha value is -1.85. The zero-order valence-corrected chi connectivity index (χ0v) is 17.0. The number of thiophene rings is 1. The third-order valence-electron chi connectivity index (χ3n) is 4.36. The van der Waals surface area contributed by atoms with Crippen molar-refractivity contribution in [2.75, 3.05) is 19.3 Å². The second kappa shape index (κ2) is 7.53. The molecule has 1 fully saturated rings. The molecule has 1 aliphatic rings. The molecule has 3 rings (SSSR count). The molecular weight excluding hydrogens is 415 g/mol. The highest BCUT2D eigenvalue weighted by Crippen LogP contribution is 2.38. The van der Waals surface area contributed by atoms with Crippen LogP contribution in [0.4, 0.5) is 13.2 Å². The Morgan fingerprint density at radius 3 is 2.79 bits per heavy atom. The molecule has 1 aliphatic heterocycles. The van der Waals surface area contributed by atoms with Gasteiger partial charge in [-0.1, -0.05) is 5.16 Å². The Morgan fingerprint density at radius 1 is 1.46 bits per heavy atom. The third kappa shape index (κ3) is 4.58. The molecule has 0 aromatic carbocycles. The van der Waals surface area contributed by atoms with Crippen molar-refractivity contribution in [2.24, 2.45) is 0 Å². The van der Waals surface area contributed by atoms with Gasteiger partial charge in [-0.2, -0.15) is 13.2 Å². The van der Waals surface area contributed by atoms with Gasteiger partial charge in [0, 0.05) is 40.7 Å². The molecule has 2 aromatic heterocycles. The summed E-state index contributed by atoms with van der Waals surface area (Å²) in [6.07, 6.45) is -1.56. The third-order valence-corrected chi connectivity index (χ3v) is 6.27. The summed E-state index contributed by atoms with van der Waals surface area (Å²) >= 11 is 1.07. The predicted molar refractivity (Wildman–Crippen MR) is 103 cm³/mol. The second-order valence-electron chi connectivity index (χ2n) is 6.86. The number of amides is 1. The van der Waals surface area contributed by atoms with Crippen LogP contribution in [-0.4, -0.2) is 51.4 Å². The molecule has 0 bridgehead atoms. The normalized spacial score (nSPS) is 20.2. The molecule has 0 aliphatic carbocycles. The largest absolute Gasteiger partial charge is 0.452 e. The van der Waals surface area contributed by atoms with Crippen molar-refractivity contribution in [3.8, 4) is 10.6 Å². The van der Waals surface area contributed by atoms with Crippen LogP contribution < -0.4 is 4.72 Å². The maximum atomic E-state index is 12.9. The van der Waals surface area contributed by atoms with Gasteiger partial charge in [-0.3, -0.25) is 9.00 Å². The van der Waals surface area contributed by atoms with E-state index < -0.39 is 21.6 Å². The van der Waals surface area contributed by atoms with Crippen LogP contribution in [0.5, 0.6) is 0 Å². The van der Waals surface area contributed by atoms with Crippen molar-refractivity contribution in [3.63, 3.8) is 0 Å². The second-order valence-corrected chi connectivity index (χ2v) is 10.2. The first kappa shape index (κ1) is 20.9. The standard InChI is InChI=1S/C17H20F3N3O3S2/c1-10-14(21-26-15(10)17(18,19)20)12-6-7-13(27-12)16(24)23-8-4-5-11(9-23)22-28(2,3)25/h6-7,11H,2,4-5,8-9H2,1,3H3,(H,22,25)/t11-,28?/m1/s1. The van der Waals surface area contributed by atoms with Crippen molar-refractivity contribution in [1.29, 1.82) is 0 Å². The average molecular weight is 435 g/mol. The molecule has 28 heavy (non-hydrogen) atoms. The molecule has 0 spiro atoms. The van der Waals surface area contributed by atoms with Gasteiger partial charge in [0.15, 0.2) is 0 Å². The smallest absolute Gasteiger partial charge is 0.351 e. The summed E-state index contributed by atoms with van der Waals surface area (Å²) in [5, 5.41) is 3.53. The van der Waals surface area contributed by atoms with E-state index in [-0.39, 0.29) is 23.2 Å². The van der Waals surface area contributed by atoms with E-state index in [0.717, 1.165) is 24.2 Å². The molecule has 1 N–H and O–H groups in total. The summed E-state index contributed by atoms with van der Waals surface area (Å²) in [6.45, 7) is 2.25. The zero-order chi connectivity index (χ0) is 20.7. The van der Waals surface area contributed by atoms with Crippen LogP contribution in [0.2, 0.25) is 0 Å². The Kier molecular flexibility index (Phi) is 5.61. The molecule has 3 heterocycles. The molecule has 1 saturated heterocycles.